The highest BCUT2D eigenvalue weighted by molar-refractivity contribution is 14.0. The minimum atomic E-state index is 0. The molecule has 1 unspecified atom stereocenters. The Balaban J connectivity index is 0.00000288. The predicted octanol–water partition coefficient (Wildman–Crippen LogP) is 1.89. The number of hydrogen-bond donors (Lipinski definition) is 3. The van der Waals surface area contributed by atoms with Crippen molar-refractivity contribution in [3.63, 3.8) is 0 Å². The van der Waals surface area contributed by atoms with E-state index in [0.29, 0.717) is 12.5 Å². The number of halogens is 1. The van der Waals surface area contributed by atoms with Crippen molar-refractivity contribution in [2.75, 3.05) is 46.9 Å². The first-order valence-corrected chi connectivity index (χ1v) is 8.51. The lowest BCUT2D eigenvalue weighted by atomic mass is 9.97. The van der Waals surface area contributed by atoms with Gasteiger partial charge in [0, 0.05) is 26.1 Å². The molecule has 0 bridgehead atoms. The molecule has 24 heavy (non-hydrogen) atoms. The van der Waals surface area contributed by atoms with Crippen LogP contribution < -0.4 is 10.6 Å². The molecule has 5 nitrogen and oxygen atoms in total. The fourth-order valence-electron chi connectivity index (χ4n) is 2.96. The summed E-state index contributed by atoms with van der Waals surface area (Å²) in [5.41, 5.74) is 1.15. The third kappa shape index (κ3) is 6.94. The van der Waals surface area contributed by atoms with E-state index in [2.05, 4.69) is 39.7 Å². The Bertz CT molecular complexity index is 475. The Kier molecular flexibility index (Phi) is 10.3. The Morgan fingerprint density at radius 1 is 1.25 bits per heavy atom. The van der Waals surface area contributed by atoms with Crippen molar-refractivity contribution in [3.05, 3.63) is 35.9 Å². The summed E-state index contributed by atoms with van der Waals surface area (Å²) in [7, 11) is 3.98. The molecule has 1 aromatic carbocycles. The summed E-state index contributed by atoms with van der Waals surface area (Å²) >= 11 is 0. The van der Waals surface area contributed by atoms with Gasteiger partial charge in [-0.25, -0.2) is 0 Å². The fraction of sp³-hybridized carbons (Fsp3) is 0.611. The molecular formula is C18H31IN4O. The second-order valence-corrected chi connectivity index (χ2v) is 6.37. The lowest BCUT2D eigenvalue weighted by Gasteiger charge is -2.29. The number of likely N-dealkylation sites (tertiary alicyclic amines) is 1. The van der Waals surface area contributed by atoms with Crippen LogP contribution in [-0.4, -0.2) is 62.8 Å². The monoisotopic (exact) mass is 446 g/mol. The maximum absolute atomic E-state index is 9.62. The molecule has 1 fully saturated rings. The Morgan fingerprint density at radius 3 is 2.50 bits per heavy atom. The van der Waals surface area contributed by atoms with Crippen LogP contribution >= 0.6 is 24.0 Å². The van der Waals surface area contributed by atoms with Gasteiger partial charge in [0.25, 0.3) is 0 Å². The Hall–Kier alpha value is -0.860. The third-order valence-electron chi connectivity index (χ3n) is 4.63. The first-order chi connectivity index (χ1) is 11.2. The average Bonchev–Trinajstić information content (AvgIpc) is 2.60. The smallest absolute Gasteiger partial charge is 0.191 e. The van der Waals surface area contributed by atoms with Crippen LogP contribution in [0, 0.1) is 5.92 Å². The van der Waals surface area contributed by atoms with Crippen molar-refractivity contribution in [2.24, 2.45) is 10.9 Å². The molecule has 2 rings (SSSR count). The van der Waals surface area contributed by atoms with Crippen LogP contribution in [0.4, 0.5) is 0 Å². The molecule has 1 aliphatic heterocycles. The molecule has 0 aliphatic carbocycles. The standard InChI is InChI=1S/C18H30N4O.HI/c1-19-18(20-12-15-8-10-22(2)11-9-15)21-13-17(14-23)16-6-4-3-5-7-16;/h3-7,15,17,23H,8-14H2,1-2H3,(H2,19,20,21);1H. The largest absolute Gasteiger partial charge is 0.396 e. The van der Waals surface area contributed by atoms with Crippen LogP contribution in [0.25, 0.3) is 0 Å². The van der Waals surface area contributed by atoms with Crippen LogP contribution in [0.5, 0.6) is 0 Å². The molecule has 0 saturated carbocycles. The number of nitrogens with one attached hydrogen (secondary N) is 2. The molecule has 0 aromatic heterocycles. The van der Waals surface area contributed by atoms with Gasteiger partial charge in [-0.2, -0.15) is 0 Å². The number of aliphatic imine (C=N–C) groups is 1. The summed E-state index contributed by atoms with van der Waals surface area (Å²) in [6.07, 6.45) is 2.48. The summed E-state index contributed by atoms with van der Waals surface area (Å²) in [6, 6.07) is 10.1. The van der Waals surface area contributed by atoms with Gasteiger partial charge in [0.15, 0.2) is 5.96 Å². The Labute approximate surface area is 162 Å². The quantitative estimate of drug-likeness (QED) is 0.355. The van der Waals surface area contributed by atoms with E-state index in [1.165, 1.54) is 25.9 Å². The number of rotatable bonds is 6. The summed E-state index contributed by atoms with van der Waals surface area (Å²) < 4.78 is 0. The molecule has 1 saturated heterocycles. The zero-order chi connectivity index (χ0) is 16.5. The van der Waals surface area contributed by atoms with Crippen LogP contribution in [-0.2, 0) is 0 Å². The van der Waals surface area contributed by atoms with Crippen LogP contribution in [0.2, 0.25) is 0 Å². The zero-order valence-corrected chi connectivity index (χ0v) is 17.1. The van der Waals surface area contributed by atoms with E-state index in [1.54, 1.807) is 7.05 Å². The summed E-state index contributed by atoms with van der Waals surface area (Å²) in [5, 5.41) is 16.4. The van der Waals surface area contributed by atoms with E-state index in [4.69, 9.17) is 0 Å². The molecular weight excluding hydrogens is 415 g/mol. The minimum Gasteiger partial charge on any atom is -0.396 e. The van der Waals surface area contributed by atoms with E-state index >= 15 is 0 Å². The summed E-state index contributed by atoms with van der Waals surface area (Å²) in [4.78, 5) is 6.67. The molecule has 136 valence electrons. The lowest BCUT2D eigenvalue weighted by Crippen LogP contribution is -2.43. The fourth-order valence-corrected chi connectivity index (χ4v) is 2.96. The molecule has 1 aliphatic rings. The SMILES string of the molecule is CN=C(NCC1CCN(C)CC1)NCC(CO)c1ccccc1.I. The Morgan fingerprint density at radius 2 is 1.92 bits per heavy atom. The van der Waals surface area contributed by atoms with Crippen LogP contribution in [0.15, 0.2) is 35.3 Å². The minimum absolute atomic E-state index is 0. The topological polar surface area (TPSA) is 59.9 Å². The molecule has 1 aromatic rings. The normalized spacial score (nSPS) is 17.9. The van der Waals surface area contributed by atoms with Crippen LogP contribution in [0.1, 0.15) is 24.3 Å². The van der Waals surface area contributed by atoms with Gasteiger partial charge in [-0.1, -0.05) is 30.3 Å². The average molecular weight is 446 g/mol. The second kappa shape index (κ2) is 11.7. The number of piperidine rings is 1. The van der Waals surface area contributed by atoms with E-state index in [9.17, 15) is 5.11 Å². The number of aliphatic hydroxyl groups is 1. The van der Waals surface area contributed by atoms with Gasteiger partial charge in [-0.15, -0.1) is 24.0 Å². The lowest BCUT2D eigenvalue weighted by molar-refractivity contribution is 0.220. The van der Waals surface area contributed by atoms with E-state index < -0.39 is 0 Å². The number of hydrogen-bond acceptors (Lipinski definition) is 3. The van der Waals surface area contributed by atoms with E-state index in [-0.39, 0.29) is 36.5 Å². The maximum Gasteiger partial charge on any atom is 0.191 e. The zero-order valence-electron chi connectivity index (χ0n) is 14.7. The van der Waals surface area contributed by atoms with Gasteiger partial charge >= 0.3 is 0 Å². The van der Waals surface area contributed by atoms with Gasteiger partial charge in [0.05, 0.1) is 6.61 Å². The van der Waals surface area contributed by atoms with E-state index in [1.807, 2.05) is 18.2 Å². The molecule has 1 atom stereocenters. The first-order valence-electron chi connectivity index (χ1n) is 8.51. The van der Waals surface area contributed by atoms with Gasteiger partial charge in [-0.05, 0) is 44.5 Å². The van der Waals surface area contributed by atoms with Crippen molar-refractivity contribution < 1.29 is 5.11 Å². The van der Waals surface area contributed by atoms with Crippen molar-refractivity contribution in [3.8, 4) is 0 Å². The maximum atomic E-state index is 9.62. The summed E-state index contributed by atoms with van der Waals surface area (Å²) in [6.45, 7) is 4.12. The molecule has 3 N–H and O–H groups in total. The highest BCUT2D eigenvalue weighted by atomic mass is 127. The highest BCUT2D eigenvalue weighted by Gasteiger charge is 2.17. The van der Waals surface area contributed by atoms with E-state index in [0.717, 1.165) is 18.1 Å². The van der Waals surface area contributed by atoms with Gasteiger partial charge in [0.1, 0.15) is 0 Å². The molecule has 6 heteroatoms. The number of aliphatic hydroxyl groups excluding tert-OH is 1. The van der Waals surface area contributed by atoms with Gasteiger partial charge in [0.2, 0.25) is 0 Å². The third-order valence-corrected chi connectivity index (χ3v) is 4.63. The number of guanidine groups is 1. The van der Waals surface area contributed by atoms with Crippen LogP contribution in [0.3, 0.4) is 0 Å². The molecule has 0 radical (unpaired) electrons. The first kappa shape index (κ1) is 21.2. The predicted molar refractivity (Wildman–Crippen MR) is 111 cm³/mol. The van der Waals surface area contributed by atoms with Crippen molar-refractivity contribution in [1.29, 1.82) is 0 Å². The number of benzene rings is 1. The number of nitrogens with zero attached hydrogens (tertiary/aromatic N) is 2. The van der Waals surface area contributed by atoms with Crippen molar-refractivity contribution in [2.45, 2.75) is 18.8 Å². The second-order valence-electron chi connectivity index (χ2n) is 6.37. The summed E-state index contributed by atoms with van der Waals surface area (Å²) in [5.74, 6) is 1.61. The molecule has 0 amide bonds. The molecule has 1 heterocycles. The van der Waals surface area contributed by atoms with Crippen molar-refractivity contribution in [1.82, 2.24) is 15.5 Å². The highest BCUT2D eigenvalue weighted by Crippen LogP contribution is 2.15. The van der Waals surface area contributed by atoms with Gasteiger partial charge < -0.3 is 20.6 Å². The molecule has 0 spiro atoms. The van der Waals surface area contributed by atoms with Gasteiger partial charge in [-0.3, -0.25) is 4.99 Å². The van der Waals surface area contributed by atoms with Crippen molar-refractivity contribution >= 4 is 29.9 Å².